The Balaban J connectivity index is 1.62. The molecule has 0 unspecified atom stereocenters. The lowest BCUT2D eigenvalue weighted by atomic mass is 9.98. The number of benzene rings is 3. The van der Waals surface area contributed by atoms with Gasteiger partial charge in [0.25, 0.3) is 0 Å². The van der Waals surface area contributed by atoms with Gasteiger partial charge in [0.2, 0.25) is 10.0 Å². The minimum absolute atomic E-state index is 0.105. The van der Waals surface area contributed by atoms with E-state index in [1.807, 2.05) is 18.2 Å². The van der Waals surface area contributed by atoms with Gasteiger partial charge in [-0.3, -0.25) is 0 Å². The maximum Gasteiger partial charge on any atom is 0.240 e. The molecule has 3 aromatic carbocycles. The van der Waals surface area contributed by atoms with Crippen LogP contribution in [0.3, 0.4) is 0 Å². The number of nitrogens with one attached hydrogen (secondary N) is 2. The fourth-order valence-electron chi connectivity index (χ4n) is 4.39. The van der Waals surface area contributed by atoms with E-state index in [0.29, 0.717) is 11.4 Å². The molecule has 0 spiro atoms. The third-order valence-corrected chi connectivity index (χ3v) is 7.50. The summed E-state index contributed by atoms with van der Waals surface area (Å²) in [4.78, 5) is 1.80. The smallest absolute Gasteiger partial charge is 0.240 e. The second kappa shape index (κ2) is 8.66. The van der Waals surface area contributed by atoms with Gasteiger partial charge in [-0.2, -0.15) is 0 Å². The lowest BCUT2D eigenvalue weighted by Crippen LogP contribution is -3.11. The molecular weight excluding hydrogens is 380 g/mol. The second-order valence-corrected chi connectivity index (χ2v) is 9.60. The van der Waals surface area contributed by atoms with Crippen molar-refractivity contribution in [1.82, 2.24) is 4.72 Å². The number of sulfonamides is 1. The molecule has 1 fully saturated rings. The SMILES string of the molecule is CCc1ccc(S(=O)(=O)NC[C@@H](c2cccc3ccccc23)[NH+]2CCCC2)cc1. The summed E-state index contributed by atoms with van der Waals surface area (Å²) in [6.45, 7) is 4.64. The molecule has 5 heteroatoms. The zero-order valence-electron chi connectivity index (χ0n) is 16.9. The van der Waals surface area contributed by atoms with E-state index in [1.165, 1.54) is 34.1 Å². The van der Waals surface area contributed by atoms with E-state index >= 15 is 0 Å². The fourth-order valence-corrected chi connectivity index (χ4v) is 5.43. The Morgan fingerprint density at radius 2 is 1.62 bits per heavy atom. The Morgan fingerprint density at radius 3 is 2.34 bits per heavy atom. The zero-order valence-corrected chi connectivity index (χ0v) is 17.7. The van der Waals surface area contributed by atoms with Crippen LogP contribution in [0.15, 0.2) is 71.6 Å². The largest absolute Gasteiger partial charge is 0.328 e. The van der Waals surface area contributed by atoms with E-state index in [1.54, 1.807) is 12.1 Å². The summed E-state index contributed by atoms with van der Waals surface area (Å²) in [5, 5.41) is 2.41. The number of likely N-dealkylation sites (tertiary alicyclic amines) is 1. The number of rotatable bonds is 7. The van der Waals surface area contributed by atoms with E-state index in [2.05, 4.69) is 48.0 Å². The van der Waals surface area contributed by atoms with Crippen LogP contribution in [-0.4, -0.2) is 28.1 Å². The van der Waals surface area contributed by atoms with Crippen LogP contribution in [0.4, 0.5) is 0 Å². The summed E-state index contributed by atoms with van der Waals surface area (Å²) in [5.41, 5.74) is 2.36. The first-order chi connectivity index (χ1) is 14.1. The Kier molecular flexibility index (Phi) is 5.99. The molecule has 0 aliphatic carbocycles. The van der Waals surface area contributed by atoms with Crippen LogP contribution >= 0.6 is 0 Å². The van der Waals surface area contributed by atoms with Gasteiger partial charge in [-0.15, -0.1) is 0 Å². The molecular formula is C24H29N2O2S+. The Labute approximate surface area is 173 Å². The molecule has 0 radical (unpaired) electrons. The predicted molar refractivity (Wildman–Crippen MR) is 118 cm³/mol. The summed E-state index contributed by atoms with van der Waals surface area (Å²) >= 11 is 0. The molecule has 1 atom stereocenters. The van der Waals surface area contributed by atoms with Crippen molar-refractivity contribution in [3.8, 4) is 0 Å². The highest BCUT2D eigenvalue weighted by molar-refractivity contribution is 7.89. The summed E-state index contributed by atoms with van der Waals surface area (Å²) in [6, 6.07) is 22.0. The van der Waals surface area contributed by atoms with Crippen molar-refractivity contribution in [2.75, 3.05) is 19.6 Å². The van der Waals surface area contributed by atoms with Gasteiger partial charge >= 0.3 is 0 Å². The maximum atomic E-state index is 12.9. The standard InChI is InChI=1S/C24H28N2O2S/c1-2-19-12-14-21(15-13-19)29(27,28)25-18-24(26-16-5-6-17-26)23-11-7-9-20-8-3-4-10-22(20)23/h3-4,7-15,24-25H,2,5-6,16-18H2,1H3/p+1/t24-/m0/s1. The molecule has 0 amide bonds. The highest BCUT2D eigenvalue weighted by atomic mass is 32.2. The quantitative estimate of drug-likeness (QED) is 0.630. The van der Waals surface area contributed by atoms with Crippen LogP contribution in [0.2, 0.25) is 0 Å². The first kappa shape index (κ1) is 20.1. The molecule has 3 aromatic rings. The molecule has 4 nitrogen and oxygen atoms in total. The van der Waals surface area contributed by atoms with Gasteiger partial charge in [0.15, 0.2) is 0 Å². The van der Waals surface area contributed by atoms with E-state index in [-0.39, 0.29) is 6.04 Å². The van der Waals surface area contributed by atoms with Gasteiger partial charge in [-0.25, -0.2) is 13.1 Å². The number of quaternary nitrogens is 1. The normalized spacial score (nSPS) is 16.3. The minimum atomic E-state index is -3.53. The summed E-state index contributed by atoms with van der Waals surface area (Å²) < 4.78 is 28.8. The molecule has 0 aromatic heterocycles. The van der Waals surface area contributed by atoms with E-state index in [4.69, 9.17) is 0 Å². The van der Waals surface area contributed by atoms with Gasteiger partial charge in [-0.1, -0.05) is 61.5 Å². The lowest BCUT2D eigenvalue weighted by Gasteiger charge is -2.26. The Bertz CT molecular complexity index is 1070. The molecule has 2 N–H and O–H groups in total. The molecule has 1 aliphatic rings. The third kappa shape index (κ3) is 4.37. The molecule has 4 rings (SSSR count). The minimum Gasteiger partial charge on any atom is -0.328 e. The van der Waals surface area contributed by atoms with Crippen LogP contribution in [0.25, 0.3) is 10.8 Å². The van der Waals surface area contributed by atoms with Crippen LogP contribution in [-0.2, 0) is 16.4 Å². The van der Waals surface area contributed by atoms with Crippen LogP contribution in [0.1, 0.15) is 36.9 Å². The molecule has 0 bridgehead atoms. The number of fused-ring (bicyclic) bond motifs is 1. The highest BCUT2D eigenvalue weighted by Crippen LogP contribution is 2.24. The molecule has 1 heterocycles. The Morgan fingerprint density at radius 1 is 0.931 bits per heavy atom. The van der Waals surface area contributed by atoms with Gasteiger partial charge in [0.05, 0.1) is 24.5 Å². The number of aryl methyl sites for hydroxylation is 1. The number of hydrogen-bond acceptors (Lipinski definition) is 2. The van der Waals surface area contributed by atoms with Gasteiger partial charge in [-0.05, 0) is 34.9 Å². The van der Waals surface area contributed by atoms with Crippen molar-refractivity contribution in [1.29, 1.82) is 0 Å². The van der Waals surface area contributed by atoms with Crippen molar-refractivity contribution >= 4 is 20.8 Å². The predicted octanol–water partition coefficient (Wildman–Crippen LogP) is 3.10. The topological polar surface area (TPSA) is 50.6 Å². The first-order valence-corrected chi connectivity index (χ1v) is 12.0. The molecule has 1 saturated heterocycles. The van der Waals surface area contributed by atoms with E-state index in [9.17, 15) is 8.42 Å². The average molecular weight is 410 g/mol. The molecule has 29 heavy (non-hydrogen) atoms. The van der Waals surface area contributed by atoms with Crippen LogP contribution in [0.5, 0.6) is 0 Å². The van der Waals surface area contributed by atoms with Gasteiger partial charge in [0, 0.05) is 18.4 Å². The highest BCUT2D eigenvalue weighted by Gasteiger charge is 2.30. The monoisotopic (exact) mass is 409 g/mol. The lowest BCUT2D eigenvalue weighted by molar-refractivity contribution is -0.918. The van der Waals surface area contributed by atoms with Gasteiger partial charge in [0.1, 0.15) is 6.04 Å². The van der Waals surface area contributed by atoms with Crippen LogP contribution in [0, 0.1) is 0 Å². The first-order valence-electron chi connectivity index (χ1n) is 10.5. The summed E-state index contributed by atoms with van der Waals surface area (Å²) in [7, 11) is -3.53. The zero-order chi connectivity index (χ0) is 20.3. The number of hydrogen-bond donors (Lipinski definition) is 2. The summed E-state index contributed by atoms with van der Waals surface area (Å²) in [6.07, 6.45) is 3.29. The van der Waals surface area contributed by atoms with E-state index in [0.717, 1.165) is 25.1 Å². The second-order valence-electron chi connectivity index (χ2n) is 7.84. The van der Waals surface area contributed by atoms with Gasteiger partial charge < -0.3 is 4.90 Å². The summed E-state index contributed by atoms with van der Waals surface area (Å²) in [5.74, 6) is 0. The van der Waals surface area contributed by atoms with Crippen molar-refractivity contribution < 1.29 is 13.3 Å². The average Bonchev–Trinajstić information content (AvgIpc) is 3.28. The third-order valence-electron chi connectivity index (χ3n) is 6.06. The van der Waals surface area contributed by atoms with Crippen molar-refractivity contribution in [3.05, 3.63) is 77.9 Å². The molecule has 1 aliphatic heterocycles. The maximum absolute atomic E-state index is 12.9. The van der Waals surface area contributed by atoms with Crippen molar-refractivity contribution in [2.24, 2.45) is 0 Å². The molecule has 0 saturated carbocycles. The Hall–Kier alpha value is -2.21. The van der Waals surface area contributed by atoms with Crippen LogP contribution < -0.4 is 9.62 Å². The molecule has 152 valence electrons. The van der Waals surface area contributed by atoms with Crippen molar-refractivity contribution in [2.45, 2.75) is 37.1 Å². The van der Waals surface area contributed by atoms with E-state index < -0.39 is 10.0 Å². The fraction of sp³-hybridized carbons (Fsp3) is 0.333. The van der Waals surface area contributed by atoms with Crippen molar-refractivity contribution in [3.63, 3.8) is 0 Å².